The Bertz CT molecular complexity index is 984. The maximum atomic E-state index is 13.8. The molecule has 0 saturated carbocycles. The summed E-state index contributed by atoms with van der Waals surface area (Å²) < 4.78 is 13.9. The van der Waals surface area contributed by atoms with Gasteiger partial charge in [0, 0.05) is 11.3 Å². The smallest absolute Gasteiger partial charge is 0.307 e. The van der Waals surface area contributed by atoms with Crippen LogP contribution in [0.25, 0.3) is 6.08 Å². The fourth-order valence-corrected chi connectivity index (χ4v) is 3.60. The molecular weight excluding hydrogens is 432 g/mol. The lowest BCUT2D eigenvalue weighted by Gasteiger charge is -2.16. The number of anilines is 1. The third-order valence-corrected chi connectivity index (χ3v) is 5.42. The summed E-state index contributed by atoms with van der Waals surface area (Å²) in [4.78, 5) is 24.8. The summed E-state index contributed by atoms with van der Waals surface area (Å²) in [7, 11) is 0. The molecule has 0 aromatic heterocycles. The second-order valence-corrected chi connectivity index (χ2v) is 7.72. The van der Waals surface area contributed by atoms with Gasteiger partial charge in [-0.25, -0.2) is 14.6 Å². The summed E-state index contributed by atoms with van der Waals surface area (Å²) in [6, 6.07) is 9.86. The molecule has 0 radical (unpaired) electrons. The van der Waals surface area contributed by atoms with Crippen molar-refractivity contribution in [1.29, 1.82) is 0 Å². The van der Waals surface area contributed by atoms with Crippen LogP contribution in [0.5, 0.6) is 0 Å². The summed E-state index contributed by atoms with van der Waals surface area (Å²) in [5.74, 6) is -1.02. The van der Waals surface area contributed by atoms with Crippen LogP contribution < -0.4 is 10.7 Å². The van der Waals surface area contributed by atoms with Crippen molar-refractivity contribution < 1.29 is 14.0 Å². The highest BCUT2D eigenvalue weighted by Crippen LogP contribution is 2.32. The molecular formula is C17H10Cl2FN3O2S2. The van der Waals surface area contributed by atoms with Crippen molar-refractivity contribution in [1.82, 2.24) is 10.4 Å². The molecule has 2 N–H and O–H groups in total. The summed E-state index contributed by atoms with van der Waals surface area (Å²) in [5, 5.41) is 4.05. The minimum atomic E-state index is -0.697. The van der Waals surface area contributed by atoms with E-state index in [1.165, 1.54) is 30.3 Å². The van der Waals surface area contributed by atoms with Crippen LogP contribution in [-0.2, 0) is 4.79 Å². The van der Waals surface area contributed by atoms with E-state index in [2.05, 4.69) is 10.7 Å². The number of urea groups is 1. The van der Waals surface area contributed by atoms with Gasteiger partial charge in [0.25, 0.3) is 5.91 Å². The second kappa shape index (κ2) is 8.26. The first kappa shape index (κ1) is 19.6. The van der Waals surface area contributed by atoms with E-state index >= 15 is 0 Å². The SMILES string of the molecule is O=C(Nc1ccc(Cl)c(Cl)c1)NN1C(=O)/C(=C\c2ccccc2F)SC1=S. The summed E-state index contributed by atoms with van der Waals surface area (Å²) in [6.07, 6.45) is 1.38. The van der Waals surface area contributed by atoms with E-state index in [0.717, 1.165) is 16.8 Å². The van der Waals surface area contributed by atoms with Gasteiger partial charge in [-0.2, -0.15) is 5.01 Å². The molecule has 1 fully saturated rings. The van der Waals surface area contributed by atoms with Crippen molar-refractivity contribution in [2.24, 2.45) is 0 Å². The maximum absolute atomic E-state index is 13.8. The van der Waals surface area contributed by atoms with Crippen molar-refractivity contribution in [3.05, 3.63) is 68.8 Å². The number of nitrogens with one attached hydrogen (secondary N) is 2. The van der Waals surface area contributed by atoms with Gasteiger partial charge in [0.15, 0.2) is 4.32 Å². The minimum Gasteiger partial charge on any atom is -0.307 e. The van der Waals surface area contributed by atoms with Gasteiger partial charge >= 0.3 is 6.03 Å². The van der Waals surface area contributed by atoms with Crippen molar-refractivity contribution in [2.45, 2.75) is 0 Å². The van der Waals surface area contributed by atoms with Gasteiger partial charge < -0.3 is 5.32 Å². The Morgan fingerprint density at radius 1 is 1.19 bits per heavy atom. The number of benzene rings is 2. The van der Waals surface area contributed by atoms with Gasteiger partial charge in [0.05, 0.1) is 15.0 Å². The molecule has 2 aromatic carbocycles. The lowest BCUT2D eigenvalue weighted by atomic mass is 10.2. The molecule has 5 nitrogen and oxygen atoms in total. The number of hydrazine groups is 1. The molecule has 1 aliphatic heterocycles. The normalized spacial score (nSPS) is 15.4. The van der Waals surface area contributed by atoms with Crippen LogP contribution in [0.4, 0.5) is 14.9 Å². The number of nitrogens with zero attached hydrogens (tertiary/aromatic N) is 1. The number of carbonyl (C=O) groups excluding carboxylic acids is 2. The zero-order valence-corrected chi connectivity index (χ0v) is 16.5. The Hall–Kier alpha value is -2.13. The van der Waals surface area contributed by atoms with Crippen molar-refractivity contribution in [3.63, 3.8) is 0 Å². The lowest BCUT2D eigenvalue weighted by Crippen LogP contribution is -2.46. The molecule has 1 aliphatic rings. The summed E-state index contributed by atoms with van der Waals surface area (Å²) >= 11 is 17.8. The van der Waals surface area contributed by atoms with E-state index in [0.29, 0.717) is 10.7 Å². The van der Waals surface area contributed by atoms with Crippen molar-refractivity contribution in [2.75, 3.05) is 5.32 Å². The Balaban J connectivity index is 1.71. The molecule has 0 spiro atoms. The Morgan fingerprint density at radius 3 is 2.63 bits per heavy atom. The topological polar surface area (TPSA) is 61.4 Å². The molecule has 138 valence electrons. The van der Waals surface area contributed by atoms with Crippen molar-refractivity contribution >= 4 is 75.2 Å². The van der Waals surface area contributed by atoms with Gasteiger partial charge in [0.1, 0.15) is 5.82 Å². The van der Waals surface area contributed by atoms with Crippen molar-refractivity contribution in [3.8, 4) is 0 Å². The quantitative estimate of drug-likeness (QED) is 0.515. The van der Waals surface area contributed by atoms with Crippen LogP contribution in [-0.4, -0.2) is 21.3 Å². The van der Waals surface area contributed by atoms with E-state index in [1.54, 1.807) is 18.2 Å². The highest BCUT2D eigenvalue weighted by Gasteiger charge is 2.33. The first-order chi connectivity index (χ1) is 12.8. The predicted molar refractivity (Wildman–Crippen MR) is 110 cm³/mol. The molecule has 1 saturated heterocycles. The van der Waals surface area contributed by atoms with Crippen LogP contribution in [0.15, 0.2) is 47.4 Å². The number of carbonyl (C=O) groups is 2. The molecule has 3 rings (SSSR count). The molecule has 0 aliphatic carbocycles. The van der Waals surface area contributed by atoms with Crippen LogP contribution in [0.2, 0.25) is 10.0 Å². The maximum Gasteiger partial charge on any atom is 0.338 e. The first-order valence-electron chi connectivity index (χ1n) is 7.40. The van der Waals surface area contributed by atoms with Gasteiger partial charge in [-0.15, -0.1) is 0 Å². The number of thiocarbonyl (C=S) groups is 1. The van der Waals surface area contributed by atoms with Gasteiger partial charge in [-0.05, 0) is 42.6 Å². The Kier molecular flexibility index (Phi) is 6.01. The second-order valence-electron chi connectivity index (χ2n) is 5.23. The van der Waals surface area contributed by atoms with Gasteiger partial charge in [-0.3, -0.25) is 4.79 Å². The zero-order chi connectivity index (χ0) is 19.6. The number of hydrogen-bond acceptors (Lipinski definition) is 4. The summed E-state index contributed by atoms with van der Waals surface area (Å²) in [5.41, 5.74) is 2.98. The number of hydrogen-bond donors (Lipinski definition) is 2. The largest absolute Gasteiger partial charge is 0.338 e. The van der Waals surface area contributed by atoms with E-state index in [-0.39, 0.29) is 19.8 Å². The summed E-state index contributed by atoms with van der Waals surface area (Å²) in [6.45, 7) is 0. The van der Waals surface area contributed by atoms with Crippen LogP contribution in [0.3, 0.4) is 0 Å². The Morgan fingerprint density at radius 2 is 1.93 bits per heavy atom. The number of amides is 3. The molecule has 2 aromatic rings. The van der Waals surface area contributed by atoms with Gasteiger partial charge in [-0.1, -0.05) is 53.2 Å². The molecule has 3 amide bonds. The molecule has 10 heteroatoms. The zero-order valence-electron chi connectivity index (χ0n) is 13.3. The molecule has 0 unspecified atom stereocenters. The average Bonchev–Trinajstić information content (AvgIpc) is 2.88. The minimum absolute atomic E-state index is 0.117. The third-order valence-electron chi connectivity index (χ3n) is 3.38. The van der Waals surface area contributed by atoms with E-state index in [1.807, 2.05) is 0 Å². The molecule has 27 heavy (non-hydrogen) atoms. The van der Waals surface area contributed by atoms with E-state index in [9.17, 15) is 14.0 Å². The predicted octanol–water partition coefficient (Wildman–Crippen LogP) is 5.07. The number of thioether (sulfide) groups is 1. The highest BCUT2D eigenvalue weighted by atomic mass is 35.5. The number of rotatable bonds is 3. The fraction of sp³-hybridized carbons (Fsp3) is 0. The average molecular weight is 442 g/mol. The molecule has 1 heterocycles. The Labute approximate surface area is 173 Å². The van der Waals surface area contributed by atoms with E-state index < -0.39 is 17.8 Å². The van der Waals surface area contributed by atoms with Crippen LogP contribution in [0.1, 0.15) is 5.56 Å². The third kappa shape index (κ3) is 4.59. The number of halogens is 3. The van der Waals surface area contributed by atoms with E-state index in [4.69, 9.17) is 35.4 Å². The molecule has 0 atom stereocenters. The van der Waals surface area contributed by atoms with Gasteiger partial charge in [0.2, 0.25) is 0 Å². The van der Waals surface area contributed by atoms with Crippen LogP contribution in [0, 0.1) is 5.82 Å². The first-order valence-corrected chi connectivity index (χ1v) is 9.38. The fourth-order valence-electron chi connectivity index (χ4n) is 2.13. The molecule has 0 bridgehead atoms. The standard InChI is InChI=1S/C17H10Cl2FN3O2S2/c18-11-6-5-10(8-12(11)19)21-16(25)22-23-15(24)14(27-17(23)26)7-9-3-1-2-4-13(9)20/h1-8H,(H2,21,22,25)/b14-7+. The highest BCUT2D eigenvalue weighted by molar-refractivity contribution is 8.26. The lowest BCUT2D eigenvalue weighted by molar-refractivity contribution is -0.123. The van der Waals surface area contributed by atoms with Crippen LogP contribution >= 0.6 is 47.2 Å². The monoisotopic (exact) mass is 441 g/mol.